The number of fused-ring (bicyclic) bond motifs is 1. The molecule has 0 spiro atoms. The van der Waals surface area contributed by atoms with Crippen molar-refractivity contribution in [2.75, 3.05) is 3.11 Å². The highest BCUT2D eigenvalue weighted by Gasteiger charge is 2.22. The van der Waals surface area contributed by atoms with Crippen LogP contribution in [0.4, 0.5) is 11.5 Å². The molecule has 1 aliphatic rings. The first-order valence-electron chi connectivity index (χ1n) is 3.92. The van der Waals surface area contributed by atoms with E-state index in [1.165, 1.54) is 6.33 Å². The second-order valence-corrected chi connectivity index (χ2v) is 4.92. The van der Waals surface area contributed by atoms with Crippen molar-refractivity contribution in [3.8, 4) is 0 Å². The van der Waals surface area contributed by atoms with Crippen molar-refractivity contribution >= 4 is 32.8 Å². The van der Waals surface area contributed by atoms with Crippen LogP contribution in [0.1, 0.15) is 13.8 Å². The van der Waals surface area contributed by atoms with Gasteiger partial charge in [-0.25, -0.2) is 4.98 Å². The first-order chi connectivity index (χ1) is 6.20. The van der Waals surface area contributed by atoms with E-state index in [0.29, 0.717) is 11.7 Å². The minimum atomic E-state index is -0.435. The summed E-state index contributed by atoms with van der Waals surface area (Å²) in [6, 6.07) is 0.368. The van der Waals surface area contributed by atoms with Crippen LogP contribution in [0.5, 0.6) is 0 Å². The summed E-state index contributed by atoms with van der Waals surface area (Å²) in [6.07, 6.45) is 1.43. The van der Waals surface area contributed by atoms with Crippen LogP contribution in [0.15, 0.2) is 14.3 Å². The minimum Gasteiger partial charge on any atom is -0.311 e. The van der Waals surface area contributed by atoms with E-state index in [1.54, 1.807) is 0 Å². The molecule has 1 aliphatic heterocycles. The number of hydrogen-bond donors (Lipinski definition) is 1. The second kappa shape index (κ2) is 3.17. The molecule has 6 heteroatoms. The highest BCUT2D eigenvalue weighted by molar-refractivity contribution is 14.2. The molecule has 0 amide bonds. The van der Waals surface area contributed by atoms with Crippen LogP contribution < -0.4 is 8.67 Å². The third-order valence-electron chi connectivity index (χ3n) is 1.67. The van der Waals surface area contributed by atoms with Gasteiger partial charge < -0.3 is 4.98 Å². The number of anilines is 1. The fourth-order valence-corrected chi connectivity index (χ4v) is 3.00. The first-order valence-corrected chi connectivity index (χ1v) is 5.85. The lowest BCUT2D eigenvalue weighted by Crippen LogP contribution is -2.20. The van der Waals surface area contributed by atoms with Crippen LogP contribution in [0.2, 0.25) is 0 Å². The predicted octanol–water partition coefficient (Wildman–Crippen LogP) is 1.70. The van der Waals surface area contributed by atoms with Crippen molar-refractivity contribution in [3.63, 3.8) is 0 Å². The van der Waals surface area contributed by atoms with E-state index in [2.05, 4.69) is 30.1 Å². The summed E-state index contributed by atoms with van der Waals surface area (Å²) in [5.41, 5.74) is 0.372. The van der Waals surface area contributed by atoms with E-state index in [9.17, 15) is 4.79 Å². The molecule has 2 rings (SSSR count). The number of halogens is 1. The standard InChI is InChI=1S/C7H9IN4O/c1-4(2)12-6-5(11-8-12)7(13)10-3-9-6/h3-4H,1-2H3,(H,9,10,13). The molecule has 0 unspecified atom stereocenters. The molecule has 0 bridgehead atoms. The molecule has 13 heavy (non-hydrogen) atoms. The van der Waals surface area contributed by atoms with E-state index in [0.717, 1.165) is 5.82 Å². The molecule has 1 aromatic rings. The van der Waals surface area contributed by atoms with E-state index in [1.807, 2.05) is 0 Å². The normalized spacial score (nSPS) is 14.5. The van der Waals surface area contributed by atoms with Crippen LogP contribution in [-0.2, 0) is 0 Å². The monoisotopic (exact) mass is 292 g/mol. The summed E-state index contributed by atoms with van der Waals surface area (Å²) in [6.45, 7) is 4.15. The number of aromatic nitrogens is 2. The smallest absolute Gasteiger partial charge is 0.279 e. The lowest BCUT2D eigenvalue weighted by molar-refractivity contribution is 0.842. The average molecular weight is 292 g/mol. The van der Waals surface area contributed by atoms with Crippen LogP contribution in [0, 0.1) is 0 Å². The third kappa shape index (κ3) is 1.38. The molecule has 0 fully saturated rings. The minimum absolute atomic E-state index is 0.132. The van der Waals surface area contributed by atoms with Crippen LogP contribution in [-0.4, -0.2) is 16.0 Å². The third-order valence-corrected chi connectivity index (χ3v) is 4.40. The molecule has 5 nitrogen and oxygen atoms in total. The zero-order chi connectivity index (χ0) is 9.42. The Labute approximate surface area is 85.7 Å². The number of nitrogens with zero attached hydrogens (tertiary/aromatic N) is 3. The molecule has 0 aliphatic carbocycles. The van der Waals surface area contributed by atoms with Gasteiger partial charge in [-0.2, -0.15) is 3.15 Å². The number of aromatic amines is 1. The quantitative estimate of drug-likeness (QED) is 0.633. The average Bonchev–Trinajstić information content (AvgIpc) is 2.48. The maximum absolute atomic E-state index is 11.3. The Morgan fingerprint density at radius 3 is 3.08 bits per heavy atom. The van der Waals surface area contributed by atoms with Gasteiger partial charge in [-0.05, 0) is 13.8 Å². The van der Waals surface area contributed by atoms with Crippen LogP contribution in [0.3, 0.4) is 0 Å². The Kier molecular flexibility index (Phi) is 2.14. The summed E-state index contributed by atoms with van der Waals surface area (Å²) in [4.78, 5) is 17.9. The van der Waals surface area contributed by atoms with E-state index < -0.39 is 21.3 Å². The zero-order valence-electron chi connectivity index (χ0n) is 7.28. The maximum Gasteiger partial charge on any atom is 0.279 e. The van der Waals surface area contributed by atoms with Crippen molar-refractivity contribution in [2.45, 2.75) is 19.9 Å². The Hall–Kier alpha value is -0.790. The Balaban J connectivity index is 2.55. The van der Waals surface area contributed by atoms with Gasteiger partial charge in [0.2, 0.25) is 0 Å². The maximum atomic E-state index is 11.3. The Morgan fingerprint density at radius 2 is 2.38 bits per heavy atom. The van der Waals surface area contributed by atoms with E-state index >= 15 is 0 Å². The molecule has 0 saturated heterocycles. The molecule has 70 valence electrons. The summed E-state index contributed by atoms with van der Waals surface area (Å²) in [7, 11) is 0. The SMILES string of the molecule is CC(C)N1I=Nc2c1nc[nH]c2=O. The number of nitrogens with one attached hydrogen (secondary N) is 1. The van der Waals surface area contributed by atoms with Crippen molar-refractivity contribution in [3.05, 3.63) is 16.7 Å². The van der Waals surface area contributed by atoms with Gasteiger partial charge in [0.15, 0.2) is 11.5 Å². The molecular weight excluding hydrogens is 283 g/mol. The van der Waals surface area contributed by atoms with Gasteiger partial charge in [-0.1, -0.05) is 0 Å². The lowest BCUT2D eigenvalue weighted by Gasteiger charge is -2.16. The van der Waals surface area contributed by atoms with Gasteiger partial charge >= 0.3 is 0 Å². The van der Waals surface area contributed by atoms with Crippen molar-refractivity contribution in [2.24, 2.45) is 3.15 Å². The topological polar surface area (TPSA) is 61.4 Å². The van der Waals surface area contributed by atoms with Gasteiger partial charge in [-0.15, -0.1) is 0 Å². The fraction of sp³-hybridized carbons (Fsp3) is 0.429. The fourth-order valence-electron chi connectivity index (χ4n) is 1.06. The van der Waals surface area contributed by atoms with Crippen molar-refractivity contribution in [1.29, 1.82) is 0 Å². The highest BCUT2D eigenvalue weighted by Crippen LogP contribution is 2.38. The van der Waals surface area contributed by atoms with Gasteiger partial charge in [0.1, 0.15) is 21.3 Å². The number of H-pyrrole nitrogens is 1. The molecule has 0 atom stereocenters. The van der Waals surface area contributed by atoms with Crippen molar-refractivity contribution < 1.29 is 0 Å². The molecule has 0 aromatic carbocycles. The summed E-state index contributed by atoms with van der Waals surface area (Å²) < 4.78 is 6.33. The van der Waals surface area contributed by atoms with Gasteiger partial charge in [-0.3, -0.25) is 7.91 Å². The Bertz CT molecular complexity index is 411. The second-order valence-electron chi connectivity index (χ2n) is 2.97. The van der Waals surface area contributed by atoms with E-state index in [4.69, 9.17) is 0 Å². The van der Waals surface area contributed by atoms with Gasteiger partial charge in [0.05, 0.1) is 6.33 Å². The zero-order valence-corrected chi connectivity index (χ0v) is 9.44. The summed E-state index contributed by atoms with van der Waals surface area (Å²) >= 11 is -0.435. The largest absolute Gasteiger partial charge is 0.311 e. The predicted molar refractivity (Wildman–Crippen MR) is 58.6 cm³/mol. The van der Waals surface area contributed by atoms with Crippen molar-refractivity contribution in [1.82, 2.24) is 9.97 Å². The number of rotatable bonds is 1. The summed E-state index contributed by atoms with van der Waals surface area (Å²) in [5, 5.41) is 0. The van der Waals surface area contributed by atoms with E-state index in [-0.39, 0.29) is 5.56 Å². The molecule has 2 heterocycles. The Morgan fingerprint density at radius 1 is 1.62 bits per heavy atom. The molecule has 0 saturated carbocycles. The van der Waals surface area contributed by atoms with Crippen LogP contribution >= 0.6 is 21.3 Å². The van der Waals surface area contributed by atoms with Gasteiger partial charge in [0.25, 0.3) is 5.56 Å². The number of hydrogen-bond acceptors (Lipinski definition) is 4. The lowest BCUT2D eigenvalue weighted by atomic mass is 10.4. The first kappa shape index (κ1) is 8.79. The molecule has 1 N–H and O–H groups in total. The van der Waals surface area contributed by atoms with Crippen LogP contribution in [0.25, 0.3) is 0 Å². The summed E-state index contributed by atoms with van der Waals surface area (Å²) in [5.74, 6) is 0.742. The molecule has 0 radical (unpaired) electrons. The van der Waals surface area contributed by atoms with Gasteiger partial charge in [0, 0.05) is 6.04 Å². The highest BCUT2D eigenvalue weighted by atomic mass is 127. The molecule has 1 aromatic heterocycles. The molecular formula is C7H9IN4O.